The molecule has 3 nitrogen and oxygen atoms in total. The van der Waals surface area contributed by atoms with Gasteiger partial charge in [0.05, 0.1) is 6.10 Å². The van der Waals surface area contributed by atoms with E-state index < -0.39 is 0 Å². The van der Waals surface area contributed by atoms with E-state index in [9.17, 15) is 9.50 Å². The smallest absolute Gasteiger partial charge is 0.123 e. The number of halogens is 1. The fraction of sp³-hybridized carbons (Fsp3) is 0.538. The van der Waals surface area contributed by atoms with Crippen LogP contribution in [-0.2, 0) is 4.74 Å². The second-order valence-corrected chi connectivity index (χ2v) is 4.56. The minimum Gasteiger partial charge on any atom is -0.508 e. The molecule has 0 aliphatic carbocycles. The molecule has 2 rings (SSSR count). The van der Waals surface area contributed by atoms with Crippen LogP contribution in [-0.4, -0.2) is 23.9 Å². The molecule has 0 saturated carbocycles. The summed E-state index contributed by atoms with van der Waals surface area (Å²) in [5, 5.41) is 13.1. The van der Waals surface area contributed by atoms with Crippen LogP contribution >= 0.6 is 0 Å². The number of phenols is 1. The number of rotatable bonds is 3. The highest BCUT2D eigenvalue weighted by Gasteiger charge is 2.26. The van der Waals surface area contributed by atoms with Crippen LogP contribution in [0.2, 0.25) is 0 Å². The van der Waals surface area contributed by atoms with Crippen molar-refractivity contribution in [1.82, 2.24) is 5.32 Å². The van der Waals surface area contributed by atoms with E-state index >= 15 is 0 Å². The first kappa shape index (κ1) is 12.3. The minimum absolute atomic E-state index is 0.0974. The summed E-state index contributed by atoms with van der Waals surface area (Å²) in [4.78, 5) is 0. The molecule has 0 amide bonds. The summed E-state index contributed by atoms with van der Waals surface area (Å²) in [6.45, 7) is 4.68. The first-order valence-corrected chi connectivity index (χ1v) is 5.94. The highest BCUT2D eigenvalue weighted by atomic mass is 19.1. The van der Waals surface area contributed by atoms with E-state index in [0.29, 0.717) is 5.56 Å². The molecule has 1 aliphatic rings. The van der Waals surface area contributed by atoms with Crippen molar-refractivity contribution >= 4 is 0 Å². The Bertz CT molecular complexity index is 397. The molecule has 0 aromatic heterocycles. The normalized spacial score (nSPS) is 26.1. The number of benzene rings is 1. The lowest BCUT2D eigenvalue weighted by Crippen LogP contribution is -2.36. The highest BCUT2D eigenvalue weighted by molar-refractivity contribution is 5.34. The van der Waals surface area contributed by atoms with Crippen molar-refractivity contribution in [2.45, 2.75) is 38.5 Å². The van der Waals surface area contributed by atoms with Crippen molar-refractivity contribution in [2.75, 3.05) is 6.61 Å². The van der Waals surface area contributed by atoms with E-state index in [-0.39, 0.29) is 29.8 Å². The van der Waals surface area contributed by atoms with E-state index in [4.69, 9.17) is 4.74 Å². The van der Waals surface area contributed by atoms with Crippen LogP contribution in [0.25, 0.3) is 0 Å². The predicted octanol–water partition coefficient (Wildman–Crippen LogP) is 2.36. The fourth-order valence-corrected chi connectivity index (χ4v) is 2.23. The Kier molecular flexibility index (Phi) is 3.64. The zero-order valence-electron chi connectivity index (χ0n) is 10.1. The Hall–Kier alpha value is -1.13. The molecule has 0 radical (unpaired) electrons. The molecule has 1 aliphatic heterocycles. The zero-order valence-corrected chi connectivity index (χ0v) is 10.1. The number of aromatic hydroxyl groups is 1. The maximum absolute atomic E-state index is 13.1. The second kappa shape index (κ2) is 5.02. The third-order valence-corrected chi connectivity index (χ3v) is 3.30. The molecule has 3 unspecified atom stereocenters. The summed E-state index contributed by atoms with van der Waals surface area (Å²) in [6, 6.07) is 4.17. The van der Waals surface area contributed by atoms with Gasteiger partial charge in [-0.2, -0.15) is 0 Å². The molecular formula is C13H18FNO2. The molecule has 17 heavy (non-hydrogen) atoms. The fourth-order valence-electron chi connectivity index (χ4n) is 2.23. The molecule has 0 bridgehead atoms. The van der Waals surface area contributed by atoms with E-state index in [1.165, 1.54) is 18.2 Å². The Morgan fingerprint density at radius 3 is 2.94 bits per heavy atom. The van der Waals surface area contributed by atoms with Crippen LogP contribution in [0, 0.1) is 5.82 Å². The van der Waals surface area contributed by atoms with E-state index in [1.54, 1.807) is 0 Å². The van der Waals surface area contributed by atoms with Gasteiger partial charge in [0.2, 0.25) is 0 Å². The van der Waals surface area contributed by atoms with Gasteiger partial charge >= 0.3 is 0 Å². The van der Waals surface area contributed by atoms with Crippen molar-refractivity contribution in [3.05, 3.63) is 29.6 Å². The number of phenolic OH excluding ortho intramolecular Hbond substituents is 1. The number of hydrogen-bond acceptors (Lipinski definition) is 3. The lowest BCUT2D eigenvalue weighted by atomic mass is 10.0. The van der Waals surface area contributed by atoms with Crippen LogP contribution in [0.1, 0.15) is 31.9 Å². The molecule has 3 atom stereocenters. The molecule has 1 aromatic carbocycles. The van der Waals surface area contributed by atoms with Gasteiger partial charge in [-0.05, 0) is 38.5 Å². The quantitative estimate of drug-likeness (QED) is 0.850. The topological polar surface area (TPSA) is 41.5 Å². The van der Waals surface area contributed by atoms with Crippen molar-refractivity contribution in [1.29, 1.82) is 0 Å². The van der Waals surface area contributed by atoms with Crippen molar-refractivity contribution in [2.24, 2.45) is 0 Å². The van der Waals surface area contributed by atoms with E-state index in [1.807, 2.05) is 13.8 Å². The molecular weight excluding hydrogens is 221 g/mol. The minimum atomic E-state index is -0.331. The number of nitrogens with one attached hydrogen (secondary N) is 1. The van der Waals surface area contributed by atoms with Gasteiger partial charge in [0, 0.05) is 24.3 Å². The van der Waals surface area contributed by atoms with Crippen molar-refractivity contribution in [3.8, 4) is 5.75 Å². The molecule has 1 heterocycles. The number of hydrogen-bond donors (Lipinski definition) is 2. The zero-order chi connectivity index (χ0) is 12.4. The van der Waals surface area contributed by atoms with Gasteiger partial charge in [0.15, 0.2) is 0 Å². The van der Waals surface area contributed by atoms with Crippen molar-refractivity contribution < 1.29 is 14.2 Å². The van der Waals surface area contributed by atoms with Crippen LogP contribution in [0.5, 0.6) is 5.75 Å². The summed E-state index contributed by atoms with van der Waals surface area (Å²) in [5.74, 6) is -0.208. The van der Waals surface area contributed by atoms with Crippen LogP contribution in [0.15, 0.2) is 18.2 Å². The van der Waals surface area contributed by atoms with Crippen LogP contribution in [0.3, 0.4) is 0 Å². The van der Waals surface area contributed by atoms with Gasteiger partial charge < -0.3 is 15.2 Å². The van der Waals surface area contributed by atoms with Crippen LogP contribution < -0.4 is 5.32 Å². The SMILES string of the molecule is CC(NC1CCOC1C)c1cc(F)ccc1O. The van der Waals surface area contributed by atoms with Crippen molar-refractivity contribution in [3.63, 3.8) is 0 Å². The van der Waals surface area contributed by atoms with Gasteiger partial charge in [-0.15, -0.1) is 0 Å². The molecule has 0 spiro atoms. The largest absolute Gasteiger partial charge is 0.508 e. The summed E-state index contributed by atoms with van der Waals surface area (Å²) in [6.07, 6.45) is 1.11. The third-order valence-electron chi connectivity index (χ3n) is 3.30. The summed E-state index contributed by atoms with van der Waals surface area (Å²) >= 11 is 0. The maximum Gasteiger partial charge on any atom is 0.123 e. The number of ether oxygens (including phenoxy) is 1. The highest BCUT2D eigenvalue weighted by Crippen LogP contribution is 2.26. The predicted molar refractivity (Wildman–Crippen MR) is 63.4 cm³/mol. The molecule has 1 saturated heterocycles. The van der Waals surface area contributed by atoms with Gasteiger partial charge in [-0.1, -0.05) is 0 Å². The Morgan fingerprint density at radius 1 is 1.53 bits per heavy atom. The molecule has 2 N–H and O–H groups in total. The molecule has 1 fully saturated rings. The molecule has 94 valence electrons. The second-order valence-electron chi connectivity index (χ2n) is 4.56. The van der Waals surface area contributed by atoms with Gasteiger partial charge in [-0.25, -0.2) is 4.39 Å². The Balaban J connectivity index is 2.08. The maximum atomic E-state index is 13.1. The lowest BCUT2D eigenvalue weighted by molar-refractivity contribution is 0.111. The first-order chi connectivity index (χ1) is 8.08. The van der Waals surface area contributed by atoms with E-state index in [2.05, 4.69) is 5.32 Å². The Morgan fingerprint density at radius 2 is 2.29 bits per heavy atom. The van der Waals surface area contributed by atoms with Gasteiger partial charge in [0.1, 0.15) is 11.6 Å². The Labute approximate surface area is 101 Å². The summed E-state index contributed by atoms with van der Waals surface area (Å²) in [5.41, 5.74) is 0.587. The van der Waals surface area contributed by atoms with Gasteiger partial charge in [0.25, 0.3) is 0 Å². The van der Waals surface area contributed by atoms with Gasteiger partial charge in [-0.3, -0.25) is 0 Å². The third kappa shape index (κ3) is 2.76. The average molecular weight is 239 g/mol. The average Bonchev–Trinajstić information content (AvgIpc) is 2.68. The standard InChI is InChI=1S/C13H18FNO2/c1-8(15-12-5-6-17-9(12)2)11-7-10(14)3-4-13(11)16/h3-4,7-9,12,15-16H,5-6H2,1-2H3. The molecule has 1 aromatic rings. The van der Waals surface area contributed by atoms with Crippen LogP contribution in [0.4, 0.5) is 4.39 Å². The van der Waals surface area contributed by atoms with E-state index in [0.717, 1.165) is 13.0 Å². The molecule has 4 heteroatoms. The summed E-state index contributed by atoms with van der Waals surface area (Å²) in [7, 11) is 0. The lowest BCUT2D eigenvalue weighted by Gasteiger charge is -2.22. The first-order valence-electron chi connectivity index (χ1n) is 5.94. The summed E-state index contributed by atoms with van der Waals surface area (Å²) < 4.78 is 18.6. The monoisotopic (exact) mass is 239 g/mol.